The predicted molar refractivity (Wildman–Crippen MR) is 67.5 cm³/mol. The first-order chi connectivity index (χ1) is 7.99. The maximum absolute atomic E-state index is 11.3. The number of carboxylic acids is 1. The third kappa shape index (κ3) is 2.39. The lowest BCUT2D eigenvalue weighted by Gasteiger charge is -2.27. The SMILES string of the molecule is CC1=NC(=O)NC(c2ccc(Br)s2)C1C(=O)O. The molecule has 1 aliphatic rings. The molecule has 5 nitrogen and oxygen atoms in total. The Morgan fingerprint density at radius 3 is 2.82 bits per heavy atom. The molecule has 1 aliphatic heterocycles. The Morgan fingerprint density at radius 2 is 2.29 bits per heavy atom. The number of nitrogens with zero attached hydrogens (tertiary/aromatic N) is 1. The monoisotopic (exact) mass is 316 g/mol. The number of hydrogen-bond acceptors (Lipinski definition) is 3. The van der Waals surface area contributed by atoms with E-state index in [0.29, 0.717) is 5.71 Å². The molecule has 0 saturated carbocycles. The fraction of sp³-hybridized carbons (Fsp3) is 0.300. The highest BCUT2D eigenvalue weighted by atomic mass is 79.9. The minimum absolute atomic E-state index is 0.329. The van der Waals surface area contributed by atoms with Gasteiger partial charge in [-0.25, -0.2) is 9.79 Å². The van der Waals surface area contributed by atoms with Crippen LogP contribution >= 0.6 is 27.3 Å². The maximum Gasteiger partial charge on any atom is 0.341 e. The Bertz CT molecular complexity index is 511. The van der Waals surface area contributed by atoms with E-state index in [1.165, 1.54) is 11.3 Å². The number of urea groups is 1. The highest BCUT2D eigenvalue weighted by Gasteiger charge is 2.37. The summed E-state index contributed by atoms with van der Waals surface area (Å²) in [5.41, 5.74) is 0.329. The molecule has 0 fully saturated rings. The molecule has 1 aromatic heterocycles. The molecule has 2 unspecified atom stereocenters. The number of halogens is 1. The zero-order valence-electron chi connectivity index (χ0n) is 8.81. The number of hydrogen-bond donors (Lipinski definition) is 2. The molecule has 2 heterocycles. The normalized spacial score (nSPS) is 24.1. The molecular weight excluding hydrogens is 308 g/mol. The molecule has 0 spiro atoms. The summed E-state index contributed by atoms with van der Waals surface area (Å²) in [7, 11) is 0. The number of aliphatic imine (C=N–C) groups is 1. The van der Waals surface area contributed by atoms with Gasteiger partial charge in [-0.3, -0.25) is 4.79 Å². The van der Waals surface area contributed by atoms with Gasteiger partial charge in [0, 0.05) is 10.6 Å². The van der Waals surface area contributed by atoms with E-state index in [9.17, 15) is 14.7 Å². The molecule has 0 aromatic carbocycles. The summed E-state index contributed by atoms with van der Waals surface area (Å²) in [6.07, 6.45) is 0. The van der Waals surface area contributed by atoms with Crippen LogP contribution in [0.1, 0.15) is 17.8 Å². The average molecular weight is 317 g/mol. The molecule has 0 saturated heterocycles. The van der Waals surface area contributed by atoms with Crippen LogP contribution < -0.4 is 5.32 Å². The largest absolute Gasteiger partial charge is 0.481 e. The van der Waals surface area contributed by atoms with Gasteiger partial charge < -0.3 is 10.4 Å². The highest BCUT2D eigenvalue weighted by molar-refractivity contribution is 9.11. The van der Waals surface area contributed by atoms with Crippen molar-refractivity contribution in [1.29, 1.82) is 0 Å². The topological polar surface area (TPSA) is 78.8 Å². The molecular formula is C10H9BrN2O3S. The van der Waals surface area contributed by atoms with Crippen molar-refractivity contribution in [2.45, 2.75) is 13.0 Å². The summed E-state index contributed by atoms with van der Waals surface area (Å²) in [5.74, 6) is -1.79. The van der Waals surface area contributed by atoms with E-state index in [0.717, 1.165) is 8.66 Å². The average Bonchev–Trinajstić information content (AvgIpc) is 2.62. The first-order valence-electron chi connectivity index (χ1n) is 4.83. The lowest BCUT2D eigenvalue weighted by molar-refractivity contribution is -0.140. The predicted octanol–water partition coefficient (Wildman–Crippen LogP) is 2.44. The molecule has 1 aromatic rings. The van der Waals surface area contributed by atoms with E-state index in [1.807, 2.05) is 6.07 Å². The van der Waals surface area contributed by atoms with Gasteiger partial charge in [0.05, 0.1) is 9.83 Å². The highest BCUT2D eigenvalue weighted by Crippen LogP contribution is 2.33. The first kappa shape index (κ1) is 12.3. The van der Waals surface area contributed by atoms with Crippen LogP contribution in [0.4, 0.5) is 4.79 Å². The van der Waals surface area contributed by atoms with E-state index in [2.05, 4.69) is 26.2 Å². The summed E-state index contributed by atoms with van der Waals surface area (Å²) in [6.45, 7) is 1.56. The van der Waals surface area contributed by atoms with Crippen molar-refractivity contribution < 1.29 is 14.7 Å². The first-order valence-corrected chi connectivity index (χ1v) is 6.43. The number of carbonyl (C=O) groups is 2. The van der Waals surface area contributed by atoms with Gasteiger partial charge in [-0.1, -0.05) is 0 Å². The number of carbonyl (C=O) groups excluding carboxylic acids is 1. The van der Waals surface area contributed by atoms with Gasteiger partial charge in [0.2, 0.25) is 0 Å². The quantitative estimate of drug-likeness (QED) is 0.879. The van der Waals surface area contributed by atoms with Gasteiger partial charge in [0.25, 0.3) is 0 Å². The lowest BCUT2D eigenvalue weighted by atomic mass is 9.92. The Labute approximate surface area is 110 Å². The molecule has 0 radical (unpaired) electrons. The van der Waals surface area contributed by atoms with Crippen molar-refractivity contribution >= 4 is 45.0 Å². The molecule has 17 heavy (non-hydrogen) atoms. The van der Waals surface area contributed by atoms with Crippen LogP contribution in [0.2, 0.25) is 0 Å². The third-order valence-electron chi connectivity index (χ3n) is 2.51. The van der Waals surface area contributed by atoms with E-state index < -0.39 is 24.0 Å². The smallest absolute Gasteiger partial charge is 0.341 e. The van der Waals surface area contributed by atoms with Gasteiger partial charge in [-0.15, -0.1) is 11.3 Å². The van der Waals surface area contributed by atoms with Crippen LogP contribution in [0.3, 0.4) is 0 Å². The van der Waals surface area contributed by atoms with Gasteiger partial charge in [-0.05, 0) is 35.0 Å². The van der Waals surface area contributed by atoms with Crippen LogP contribution in [-0.4, -0.2) is 22.8 Å². The van der Waals surface area contributed by atoms with Crippen molar-refractivity contribution in [2.75, 3.05) is 0 Å². The molecule has 2 atom stereocenters. The maximum atomic E-state index is 11.3. The number of rotatable bonds is 2. The number of nitrogens with one attached hydrogen (secondary N) is 1. The van der Waals surface area contributed by atoms with Crippen molar-refractivity contribution in [3.8, 4) is 0 Å². The van der Waals surface area contributed by atoms with Crippen LogP contribution in [0.25, 0.3) is 0 Å². The Morgan fingerprint density at radius 1 is 1.59 bits per heavy atom. The van der Waals surface area contributed by atoms with Crippen LogP contribution in [0, 0.1) is 5.92 Å². The van der Waals surface area contributed by atoms with E-state index >= 15 is 0 Å². The Kier molecular flexibility index (Phi) is 3.30. The molecule has 90 valence electrons. The lowest BCUT2D eigenvalue weighted by Crippen LogP contribution is -2.43. The fourth-order valence-corrected chi connectivity index (χ4v) is 3.28. The second-order valence-corrected chi connectivity index (χ2v) is 6.13. The van der Waals surface area contributed by atoms with Crippen LogP contribution in [0.15, 0.2) is 20.9 Å². The molecule has 2 rings (SSSR count). The molecule has 7 heteroatoms. The minimum atomic E-state index is -0.985. The van der Waals surface area contributed by atoms with E-state index in [4.69, 9.17) is 0 Å². The zero-order chi connectivity index (χ0) is 12.6. The van der Waals surface area contributed by atoms with E-state index in [-0.39, 0.29) is 0 Å². The summed E-state index contributed by atoms with van der Waals surface area (Å²) in [4.78, 5) is 27.0. The standard InChI is InChI=1S/C10H9BrN2O3S/c1-4-7(9(14)15)8(13-10(16)12-4)5-2-3-6(11)17-5/h2-3,7-8H,1H3,(H,13,16)(H,14,15). The summed E-state index contributed by atoms with van der Waals surface area (Å²) >= 11 is 4.72. The molecule has 2 N–H and O–H groups in total. The Hall–Kier alpha value is -1.21. The van der Waals surface area contributed by atoms with Gasteiger partial charge in [0.1, 0.15) is 5.92 Å². The number of aliphatic carboxylic acids is 1. The van der Waals surface area contributed by atoms with Crippen molar-refractivity contribution in [2.24, 2.45) is 10.9 Å². The third-order valence-corrected chi connectivity index (χ3v) is 4.21. The molecule has 2 amide bonds. The summed E-state index contributed by atoms with van der Waals surface area (Å²) < 4.78 is 0.894. The van der Waals surface area contributed by atoms with Crippen LogP contribution in [0.5, 0.6) is 0 Å². The van der Waals surface area contributed by atoms with Gasteiger partial charge in [0.15, 0.2) is 0 Å². The number of thiophene rings is 1. The zero-order valence-corrected chi connectivity index (χ0v) is 11.2. The second kappa shape index (κ2) is 4.58. The summed E-state index contributed by atoms with van der Waals surface area (Å²) in [6, 6.07) is 2.59. The Balaban J connectivity index is 2.41. The van der Waals surface area contributed by atoms with Gasteiger partial charge >= 0.3 is 12.0 Å². The van der Waals surface area contributed by atoms with Crippen molar-refractivity contribution in [3.05, 3.63) is 20.8 Å². The number of carboxylic acid groups (broad SMARTS) is 1. The molecule has 0 bridgehead atoms. The number of amides is 2. The summed E-state index contributed by atoms with van der Waals surface area (Å²) in [5, 5.41) is 11.8. The van der Waals surface area contributed by atoms with Crippen LogP contribution in [-0.2, 0) is 4.79 Å². The van der Waals surface area contributed by atoms with Crippen molar-refractivity contribution in [1.82, 2.24) is 5.32 Å². The van der Waals surface area contributed by atoms with E-state index in [1.54, 1.807) is 13.0 Å². The second-order valence-electron chi connectivity index (χ2n) is 3.64. The van der Waals surface area contributed by atoms with Crippen molar-refractivity contribution in [3.63, 3.8) is 0 Å². The minimum Gasteiger partial charge on any atom is -0.481 e. The van der Waals surface area contributed by atoms with Gasteiger partial charge in [-0.2, -0.15) is 0 Å². The molecule has 0 aliphatic carbocycles. The fourth-order valence-electron chi connectivity index (χ4n) is 1.77.